The number of rotatable bonds is 9. The van der Waals surface area contributed by atoms with Crippen molar-refractivity contribution in [1.29, 1.82) is 0 Å². The van der Waals surface area contributed by atoms with Crippen molar-refractivity contribution in [3.8, 4) is 17.2 Å². The molecule has 31 heavy (non-hydrogen) atoms. The van der Waals surface area contributed by atoms with Gasteiger partial charge in [-0.3, -0.25) is 9.59 Å². The van der Waals surface area contributed by atoms with E-state index in [1.165, 1.54) is 14.2 Å². The minimum Gasteiger partial charge on any atom is -0.496 e. The Kier molecular flexibility index (Phi) is 6.02. The number of carbonyl (C=O) groups is 2. The van der Waals surface area contributed by atoms with Gasteiger partial charge in [-0.25, -0.2) is 0 Å². The second-order valence-corrected chi connectivity index (χ2v) is 8.02. The van der Waals surface area contributed by atoms with Gasteiger partial charge in [0.2, 0.25) is 0 Å². The monoisotopic (exact) mass is 424 g/mol. The van der Waals surface area contributed by atoms with Crippen molar-refractivity contribution in [2.24, 2.45) is 0 Å². The number of nitrogens with one attached hydrogen (secondary N) is 1. The maximum Gasteiger partial charge on any atom is 0.258 e. The summed E-state index contributed by atoms with van der Waals surface area (Å²) in [5.41, 5.74) is 2.05. The molecule has 4 rings (SSSR count). The Labute approximate surface area is 182 Å². The molecular weight excluding hydrogens is 396 g/mol. The lowest BCUT2D eigenvalue weighted by Crippen LogP contribution is -2.33. The molecule has 0 radical (unpaired) electrons. The maximum absolute atomic E-state index is 13.5. The van der Waals surface area contributed by atoms with Crippen LogP contribution in [0.25, 0.3) is 0 Å². The Morgan fingerprint density at radius 2 is 1.52 bits per heavy atom. The summed E-state index contributed by atoms with van der Waals surface area (Å²) in [4.78, 5) is 27.5. The van der Waals surface area contributed by atoms with E-state index < -0.39 is 0 Å². The van der Waals surface area contributed by atoms with Crippen LogP contribution in [0.5, 0.6) is 17.2 Å². The van der Waals surface area contributed by atoms with E-state index in [4.69, 9.17) is 14.2 Å². The summed E-state index contributed by atoms with van der Waals surface area (Å²) < 4.78 is 16.2. The third kappa shape index (κ3) is 4.76. The number of hydrogen-bond donors (Lipinski definition) is 1. The van der Waals surface area contributed by atoms with Crippen molar-refractivity contribution in [2.75, 3.05) is 21.3 Å². The van der Waals surface area contributed by atoms with Gasteiger partial charge in [-0.15, -0.1) is 0 Å². The molecule has 7 nitrogen and oxygen atoms in total. The van der Waals surface area contributed by atoms with Crippen LogP contribution in [-0.2, 0) is 6.54 Å². The highest BCUT2D eigenvalue weighted by atomic mass is 16.5. The first-order valence-corrected chi connectivity index (χ1v) is 10.5. The first-order valence-electron chi connectivity index (χ1n) is 10.5. The number of hydrogen-bond acceptors (Lipinski definition) is 5. The van der Waals surface area contributed by atoms with Crippen molar-refractivity contribution in [3.63, 3.8) is 0 Å². The Bertz CT molecular complexity index is 965. The highest BCUT2D eigenvalue weighted by Crippen LogP contribution is 2.37. The van der Waals surface area contributed by atoms with Gasteiger partial charge in [-0.1, -0.05) is 12.1 Å². The molecule has 0 aliphatic heterocycles. The molecule has 0 bridgehead atoms. The molecule has 0 saturated heterocycles. The van der Waals surface area contributed by atoms with Crippen LogP contribution in [0.3, 0.4) is 0 Å². The summed E-state index contributed by atoms with van der Waals surface area (Å²) >= 11 is 0. The fourth-order valence-corrected chi connectivity index (χ4v) is 3.56. The average molecular weight is 424 g/mol. The van der Waals surface area contributed by atoms with Crippen LogP contribution in [0.4, 0.5) is 0 Å². The lowest BCUT2D eigenvalue weighted by molar-refractivity contribution is 0.0725. The lowest BCUT2D eigenvalue weighted by atomic mass is 10.1. The molecule has 2 fully saturated rings. The summed E-state index contributed by atoms with van der Waals surface area (Å²) in [6.45, 7) is 0.464. The van der Waals surface area contributed by atoms with Gasteiger partial charge in [0.25, 0.3) is 11.8 Å². The number of carbonyl (C=O) groups excluding carboxylic acids is 2. The summed E-state index contributed by atoms with van der Waals surface area (Å²) in [7, 11) is 4.62. The largest absolute Gasteiger partial charge is 0.496 e. The van der Waals surface area contributed by atoms with Crippen LogP contribution in [0.2, 0.25) is 0 Å². The van der Waals surface area contributed by atoms with Crippen molar-refractivity contribution in [1.82, 2.24) is 10.2 Å². The molecule has 2 aliphatic carbocycles. The highest BCUT2D eigenvalue weighted by Gasteiger charge is 2.35. The van der Waals surface area contributed by atoms with Gasteiger partial charge >= 0.3 is 0 Å². The Hall–Kier alpha value is -3.22. The molecule has 0 spiro atoms. The summed E-state index contributed by atoms with van der Waals surface area (Å²) in [6.07, 6.45) is 4.07. The van der Waals surface area contributed by atoms with E-state index in [-0.39, 0.29) is 17.9 Å². The van der Waals surface area contributed by atoms with Gasteiger partial charge < -0.3 is 24.4 Å². The number of ether oxygens (including phenoxy) is 3. The zero-order valence-electron chi connectivity index (χ0n) is 18.1. The molecular formula is C24H28N2O5. The molecule has 0 unspecified atom stereocenters. The quantitative estimate of drug-likeness (QED) is 0.668. The number of methoxy groups -OCH3 is 3. The Morgan fingerprint density at radius 3 is 2.06 bits per heavy atom. The summed E-state index contributed by atoms with van der Waals surface area (Å²) in [5, 5.41) is 2.99. The van der Waals surface area contributed by atoms with Gasteiger partial charge in [0, 0.05) is 36.3 Å². The van der Waals surface area contributed by atoms with E-state index in [1.54, 1.807) is 19.2 Å². The minimum atomic E-state index is -0.115. The van der Waals surface area contributed by atoms with Crippen LogP contribution < -0.4 is 19.5 Å². The van der Waals surface area contributed by atoms with Gasteiger partial charge in [0.15, 0.2) is 11.5 Å². The van der Waals surface area contributed by atoms with Crippen molar-refractivity contribution in [2.45, 2.75) is 44.3 Å². The fraction of sp³-hybridized carbons (Fsp3) is 0.417. The first-order chi connectivity index (χ1) is 15.0. The van der Waals surface area contributed by atoms with Crippen LogP contribution in [0.1, 0.15) is 52.0 Å². The van der Waals surface area contributed by atoms with Crippen LogP contribution in [0.15, 0.2) is 36.4 Å². The van der Waals surface area contributed by atoms with Crippen LogP contribution >= 0.6 is 0 Å². The van der Waals surface area contributed by atoms with Crippen LogP contribution in [0, 0.1) is 0 Å². The maximum atomic E-state index is 13.5. The SMILES string of the molecule is COc1cc(OC)c(C(=O)N(Cc2ccc(C(=O)NC3CC3)cc2)C2CC2)cc1OC. The molecule has 2 aromatic rings. The molecule has 1 N–H and O–H groups in total. The number of amides is 2. The van der Waals surface area contributed by atoms with Gasteiger partial charge in [0.05, 0.1) is 26.9 Å². The van der Waals surface area contributed by atoms with E-state index in [0.29, 0.717) is 41.0 Å². The third-order valence-electron chi connectivity index (χ3n) is 5.67. The fourth-order valence-electron chi connectivity index (χ4n) is 3.56. The molecule has 2 aliphatic rings. The molecule has 7 heteroatoms. The first kappa shape index (κ1) is 21.0. The number of nitrogens with zero attached hydrogens (tertiary/aromatic N) is 1. The van der Waals surface area contributed by atoms with Gasteiger partial charge in [0.1, 0.15) is 5.75 Å². The van der Waals surface area contributed by atoms with Crippen molar-refractivity contribution >= 4 is 11.8 Å². The standard InChI is InChI=1S/C24H28N2O5/c1-29-20-13-22(31-3)21(30-2)12-19(20)24(28)26(18-10-11-18)14-15-4-6-16(7-5-15)23(27)25-17-8-9-17/h4-7,12-13,17-18H,8-11,14H2,1-3H3,(H,25,27). The molecule has 0 heterocycles. The minimum absolute atomic E-state index is 0.0424. The Balaban J connectivity index is 1.54. The second-order valence-electron chi connectivity index (χ2n) is 8.02. The van der Waals surface area contributed by atoms with Crippen molar-refractivity contribution in [3.05, 3.63) is 53.1 Å². The number of benzene rings is 2. The normalized spacial score (nSPS) is 15.2. The van der Waals surface area contributed by atoms with E-state index in [2.05, 4.69) is 5.32 Å². The zero-order valence-corrected chi connectivity index (χ0v) is 18.1. The predicted octanol–water partition coefficient (Wildman–Crippen LogP) is 3.41. The molecule has 0 aromatic heterocycles. The molecule has 0 atom stereocenters. The Morgan fingerprint density at radius 1 is 0.903 bits per heavy atom. The lowest BCUT2D eigenvalue weighted by Gasteiger charge is -2.24. The van der Waals surface area contributed by atoms with E-state index in [0.717, 1.165) is 31.2 Å². The molecule has 2 amide bonds. The van der Waals surface area contributed by atoms with Gasteiger partial charge in [-0.2, -0.15) is 0 Å². The van der Waals surface area contributed by atoms with E-state index in [1.807, 2.05) is 29.2 Å². The van der Waals surface area contributed by atoms with E-state index >= 15 is 0 Å². The van der Waals surface area contributed by atoms with Gasteiger partial charge in [-0.05, 0) is 43.4 Å². The van der Waals surface area contributed by atoms with Crippen LogP contribution in [-0.4, -0.2) is 50.1 Å². The van der Waals surface area contributed by atoms with Crippen molar-refractivity contribution < 1.29 is 23.8 Å². The molecule has 2 aromatic carbocycles. The second kappa shape index (κ2) is 8.88. The van der Waals surface area contributed by atoms with E-state index in [9.17, 15) is 9.59 Å². The highest BCUT2D eigenvalue weighted by molar-refractivity contribution is 5.98. The smallest absolute Gasteiger partial charge is 0.258 e. The summed E-state index contributed by atoms with van der Waals surface area (Å²) in [5.74, 6) is 1.28. The zero-order chi connectivity index (χ0) is 22.0. The predicted molar refractivity (Wildman–Crippen MR) is 116 cm³/mol. The molecule has 2 saturated carbocycles. The average Bonchev–Trinajstić information content (AvgIpc) is 3.71. The topological polar surface area (TPSA) is 77.1 Å². The third-order valence-corrected chi connectivity index (χ3v) is 5.67. The summed E-state index contributed by atoms with van der Waals surface area (Å²) in [6, 6.07) is 11.3. The molecule has 164 valence electrons.